The molecule has 1 amide bonds. The number of nitrogens with one attached hydrogen (secondary N) is 1. The quantitative estimate of drug-likeness (QED) is 0.936. The van der Waals surface area contributed by atoms with E-state index in [1.54, 1.807) is 0 Å². The number of piperidine rings is 1. The molecule has 1 aromatic heterocycles. The first-order valence-electron chi connectivity index (χ1n) is 8.35. The lowest BCUT2D eigenvalue weighted by molar-refractivity contribution is -0.129. The van der Waals surface area contributed by atoms with Crippen molar-refractivity contribution in [2.24, 2.45) is 5.41 Å². The molecule has 2 heterocycles. The Balaban J connectivity index is 1.59. The number of anilines is 1. The van der Waals surface area contributed by atoms with Crippen LogP contribution in [0.25, 0.3) is 11.1 Å². The Morgan fingerprint density at radius 2 is 2.00 bits per heavy atom. The molecule has 24 heavy (non-hydrogen) atoms. The fraction of sp³-hybridized carbons (Fsp3) is 0.556. The number of amides is 1. The Bertz CT molecular complexity index is 694. The lowest BCUT2D eigenvalue weighted by atomic mass is 9.91. The summed E-state index contributed by atoms with van der Waals surface area (Å²) in [5.41, 5.74) is -0.331. The average Bonchev–Trinajstić information content (AvgIpc) is 2.96. The zero-order valence-corrected chi connectivity index (χ0v) is 14.4. The summed E-state index contributed by atoms with van der Waals surface area (Å²) in [6, 6.07) is 8.12. The van der Waals surface area contributed by atoms with Gasteiger partial charge in [0, 0.05) is 31.3 Å². The summed E-state index contributed by atoms with van der Waals surface area (Å²) in [6.07, 6.45) is 0.687. The van der Waals surface area contributed by atoms with Crippen LogP contribution in [0.1, 0.15) is 33.6 Å². The molecule has 0 aliphatic carbocycles. The van der Waals surface area contributed by atoms with Crippen molar-refractivity contribution in [1.29, 1.82) is 0 Å². The van der Waals surface area contributed by atoms with Crippen LogP contribution in [0.3, 0.4) is 0 Å². The number of carbonyl (C=O) groups is 1. The summed E-state index contributed by atoms with van der Waals surface area (Å²) < 4.78 is 20.7. The number of hydrogen-bond donors (Lipinski definition) is 1. The van der Waals surface area contributed by atoms with Crippen LogP contribution in [-0.4, -0.2) is 36.2 Å². The summed E-state index contributed by atoms with van der Waals surface area (Å²) in [5, 5.41) is 2.74. The molecule has 1 saturated heterocycles. The monoisotopic (exact) mass is 333 g/mol. The highest BCUT2D eigenvalue weighted by Gasteiger charge is 2.37. The minimum atomic E-state index is -1.37. The van der Waals surface area contributed by atoms with Crippen molar-refractivity contribution in [3.05, 3.63) is 24.3 Å². The highest BCUT2D eigenvalue weighted by molar-refractivity contribution is 5.81. The second-order valence-corrected chi connectivity index (χ2v) is 7.53. The van der Waals surface area contributed by atoms with Crippen LogP contribution in [0.4, 0.5) is 10.4 Å². The van der Waals surface area contributed by atoms with Crippen LogP contribution in [0.5, 0.6) is 0 Å². The SMILES string of the molecule is CC(C)(C)C(=O)NCC1(F)CCN(c2nc3ccccc3o2)CC1. The van der Waals surface area contributed by atoms with E-state index < -0.39 is 11.1 Å². The van der Waals surface area contributed by atoms with Crippen LogP contribution in [0.2, 0.25) is 0 Å². The Hall–Kier alpha value is -2.11. The number of oxazole rings is 1. The van der Waals surface area contributed by atoms with Crippen molar-refractivity contribution in [2.45, 2.75) is 39.3 Å². The van der Waals surface area contributed by atoms with Crippen molar-refractivity contribution in [2.75, 3.05) is 24.5 Å². The van der Waals surface area contributed by atoms with Crippen molar-refractivity contribution in [1.82, 2.24) is 10.3 Å². The smallest absolute Gasteiger partial charge is 0.298 e. The lowest BCUT2D eigenvalue weighted by Gasteiger charge is -2.36. The Morgan fingerprint density at radius 1 is 1.33 bits per heavy atom. The Labute approximate surface area is 141 Å². The van der Waals surface area contributed by atoms with E-state index in [1.807, 2.05) is 49.9 Å². The predicted molar refractivity (Wildman–Crippen MR) is 91.8 cm³/mol. The lowest BCUT2D eigenvalue weighted by Crippen LogP contribution is -2.50. The summed E-state index contributed by atoms with van der Waals surface area (Å²) in [6.45, 7) is 6.57. The van der Waals surface area contributed by atoms with Crippen LogP contribution in [-0.2, 0) is 4.79 Å². The molecule has 3 rings (SSSR count). The van der Waals surface area contributed by atoms with E-state index in [0.717, 1.165) is 11.1 Å². The number of fused-ring (bicyclic) bond motifs is 1. The number of hydrogen-bond acceptors (Lipinski definition) is 4. The second-order valence-electron chi connectivity index (χ2n) is 7.53. The molecule has 1 aliphatic rings. The molecule has 0 saturated carbocycles. The van der Waals surface area contributed by atoms with E-state index in [4.69, 9.17) is 4.42 Å². The first-order chi connectivity index (χ1) is 11.3. The molecule has 5 nitrogen and oxygen atoms in total. The minimum Gasteiger partial charge on any atom is -0.423 e. The highest BCUT2D eigenvalue weighted by atomic mass is 19.1. The number of nitrogens with zero attached hydrogens (tertiary/aromatic N) is 2. The molecular formula is C18H24FN3O2. The predicted octanol–water partition coefficient (Wildman–Crippen LogP) is 3.30. The van der Waals surface area contributed by atoms with Gasteiger partial charge in [0.2, 0.25) is 5.91 Å². The molecule has 6 heteroatoms. The standard InChI is InChI=1S/C18H24FN3O2/c1-17(2,3)15(23)20-12-18(19)8-10-22(11-9-18)16-21-13-6-4-5-7-14(13)24-16/h4-7H,8-12H2,1-3H3,(H,20,23). The zero-order valence-electron chi connectivity index (χ0n) is 14.4. The summed E-state index contributed by atoms with van der Waals surface area (Å²) in [5.74, 6) is -0.124. The van der Waals surface area contributed by atoms with E-state index >= 15 is 0 Å². The first-order valence-corrected chi connectivity index (χ1v) is 8.35. The van der Waals surface area contributed by atoms with Crippen LogP contribution in [0, 0.1) is 5.41 Å². The van der Waals surface area contributed by atoms with Gasteiger partial charge in [-0.1, -0.05) is 32.9 Å². The van der Waals surface area contributed by atoms with E-state index in [-0.39, 0.29) is 12.5 Å². The molecule has 0 radical (unpaired) electrons. The van der Waals surface area contributed by atoms with Gasteiger partial charge in [-0.2, -0.15) is 4.98 Å². The first kappa shape index (κ1) is 16.7. The average molecular weight is 333 g/mol. The molecule has 1 aromatic carbocycles. The van der Waals surface area contributed by atoms with E-state index in [1.165, 1.54) is 0 Å². The fourth-order valence-corrected chi connectivity index (χ4v) is 2.77. The van der Waals surface area contributed by atoms with E-state index in [2.05, 4.69) is 10.3 Å². The zero-order chi connectivity index (χ0) is 17.4. The number of aromatic nitrogens is 1. The molecule has 2 aromatic rings. The molecule has 0 bridgehead atoms. The number of benzene rings is 1. The van der Waals surface area contributed by atoms with Gasteiger partial charge in [-0.25, -0.2) is 4.39 Å². The summed E-state index contributed by atoms with van der Waals surface area (Å²) in [7, 11) is 0. The third kappa shape index (κ3) is 3.52. The van der Waals surface area contributed by atoms with Crippen molar-refractivity contribution < 1.29 is 13.6 Å². The van der Waals surface area contributed by atoms with Gasteiger partial charge in [0.15, 0.2) is 5.58 Å². The Morgan fingerprint density at radius 3 is 2.62 bits per heavy atom. The van der Waals surface area contributed by atoms with Gasteiger partial charge in [-0.05, 0) is 12.1 Å². The van der Waals surface area contributed by atoms with Crippen molar-refractivity contribution in [3.63, 3.8) is 0 Å². The van der Waals surface area contributed by atoms with Crippen LogP contribution < -0.4 is 10.2 Å². The third-order valence-corrected chi connectivity index (χ3v) is 4.46. The van der Waals surface area contributed by atoms with Gasteiger partial charge in [-0.3, -0.25) is 4.79 Å². The number of carbonyl (C=O) groups excluding carboxylic acids is 1. The highest BCUT2D eigenvalue weighted by Crippen LogP contribution is 2.30. The van der Waals surface area contributed by atoms with Crippen molar-refractivity contribution in [3.8, 4) is 0 Å². The van der Waals surface area contributed by atoms with E-state index in [0.29, 0.717) is 31.9 Å². The number of halogens is 1. The molecule has 1 aliphatic heterocycles. The maximum absolute atomic E-state index is 14.9. The van der Waals surface area contributed by atoms with Crippen LogP contribution >= 0.6 is 0 Å². The Kier molecular flexibility index (Phi) is 4.24. The number of rotatable bonds is 3. The molecular weight excluding hydrogens is 309 g/mol. The maximum Gasteiger partial charge on any atom is 0.298 e. The van der Waals surface area contributed by atoms with Crippen molar-refractivity contribution >= 4 is 23.0 Å². The van der Waals surface area contributed by atoms with Gasteiger partial charge in [-0.15, -0.1) is 0 Å². The molecule has 130 valence electrons. The molecule has 0 unspecified atom stereocenters. The summed E-state index contributed by atoms with van der Waals surface area (Å²) >= 11 is 0. The molecule has 1 N–H and O–H groups in total. The number of alkyl halides is 1. The number of para-hydroxylation sites is 2. The van der Waals surface area contributed by atoms with Gasteiger partial charge in [0.1, 0.15) is 11.2 Å². The van der Waals surface area contributed by atoms with Gasteiger partial charge >= 0.3 is 0 Å². The second kappa shape index (κ2) is 6.07. The molecule has 1 fully saturated rings. The summed E-state index contributed by atoms with van der Waals surface area (Å²) in [4.78, 5) is 18.3. The fourth-order valence-electron chi connectivity index (χ4n) is 2.77. The van der Waals surface area contributed by atoms with Gasteiger partial charge in [0.25, 0.3) is 6.01 Å². The largest absolute Gasteiger partial charge is 0.423 e. The topological polar surface area (TPSA) is 58.4 Å². The van der Waals surface area contributed by atoms with Gasteiger partial charge < -0.3 is 14.6 Å². The third-order valence-electron chi connectivity index (χ3n) is 4.46. The maximum atomic E-state index is 14.9. The minimum absolute atomic E-state index is 0.0600. The van der Waals surface area contributed by atoms with Gasteiger partial charge in [0.05, 0.1) is 6.54 Å². The normalized spacial score (nSPS) is 17.9. The molecule has 0 spiro atoms. The van der Waals surface area contributed by atoms with Crippen LogP contribution in [0.15, 0.2) is 28.7 Å². The van der Waals surface area contributed by atoms with E-state index in [9.17, 15) is 9.18 Å². The molecule has 0 atom stereocenters.